The molecule has 0 radical (unpaired) electrons. The van der Waals surface area contributed by atoms with Gasteiger partial charge in [-0.3, -0.25) is 0 Å². The molecule has 20 heavy (non-hydrogen) atoms. The molecule has 0 aromatic carbocycles. The van der Waals surface area contributed by atoms with E-state index in [1.165, 1.54) is 6.33 Å². The fraction of sp³-hybridized carbons (Fsp3) is 0.455. The lowest BCUT2D eigenvalue weighted by molar-refractivity contribution is -0.255. The summed E-state index contributed by atoms with van der Waals surface area (Å²) in [7, 11) is 0. The first-order valence-corrected chi connectivity index (χ1v) is 6.75. The fourth-order valence-electron chi connectivity index (χ4n) is 2.70. The zero-order valence-electron chi connectivity index (χ0n) is 9.96. The van der Waals surface area contributed by atoms with Crippen molar-refractivity contribution in [2.45, 2.75) is 29.7 Å². The van der Waals surface area contributed by atoms with E-state index in [2.05, 4.69) is 9.97 Å². The second-order valence-corrected chi connectivity index (χ2v) is 5.94. The van der Waals surface area contributed by atoms with Crippen LogP contribution in [-0.4, -0.2) is 54.3 Å². The van der Waals surface area contributed by atoms with E-state index in [0.717, 1.165) is 11.3 Å². The van der Waals surface area contributed by atoms with Crippen molar-refractivity contribution in [2.75, 3.05) is 5.73 Å². The molecule has 9 heteroatoms. The molecule has 2 fully saturated rings. The van der Waals surface area contributed by atoms with Gasteiger partial charge in [0.25, 0.3) is 0 Å². The van der Waals surface area contributed by atoms with Crippen LogP contribution >= 0.6 is 11.3 Å². The van der Waals surface area contributed by atoms with Gasteiger partial charge in [0.15, 0.2) is 5.60 Å². The van der Waals surface area contributed by atoms with Gasteiger partial charge in [-0.05, 0) is 0 Å². The third-order valence-electron chi connectivity index (χ3n) is 3.97. The minimum Gasteiger partial charge on any atom is -0.387 e. The Bertz CT molecular complexity index is 723. The molecular formula is C11H11N3O5S. The molecule has 106 valence electrons. The molecule has 6 N–H and O–H groups in total. The maximum atomic E-state index is 10.6. The average molecular weight is 297 g/mol. The number of anilines is 1. The number of rotatable bonds is 1. The molecule has 2 unspecified atom stereocenters. The van der Waals surface area contributed by atoms with Gasteiger partial charge < -0.3 is 30.9 Å². The lowest BCUT2D eigenvalue weighted by Gasteiger charge is -2.29. The number of aliphatic hydroxyl groups excluding tert-OH is 2. The number of hydrogen-bond donors (Lipinski definition) is 5. The fourth-order valence-corrected chi connectivity index (χ4v) is 3.77. The Morgan fingerprint density at radius 2 is 2.05 bits per heavy atom. The molecule has 2 aliphatic rings. The van der Waals surface area contributed by atoms with E-state index < -0.39 is 29.7 Å². The first-order chi connectivity index (χ1) is 9.40. The van der Waals surface area contributed by atoms with E-state index in [-0.39, 0.29) is 10.7 Å². The zero-order valence-corrected chi connectivity index (χ0v) is 10.8. The first kappa shape index (κ1) is 12.4. The van der Waals surface area contributed by atoms with Crippen LogP contribution in [0.15, 0.2) is 11.7 Å². The predicted octanol–water partition coefficient (Wildman–Crippen LogP) is -1.72. The summed E-state index contributed by atoms with van der Waals surface area (Å²) in [6.07, 6.45) is -2.65. The first-order valence-electron chi connectivity index (χ1n) is 5.87. The minimum absolute atomic E-state index is 0.224. The monoisotopic (exact) mass is 297 g/mol. The molecule has 2 aromatic heterocycles. The maximum absolute atomic E-state index is 10.6. The summed E-state index contributed by atoms with van der Waals surface area (Å²) in [5, 5.41) is 42.4. The molecule has 1 saturated heterocycles. The number of aromatic nitrogens is 2. The maximum Gasteiger partial charge on any atom is 0.234 e. The van der Waals surface area contributed by atoms with Crippen LogP contribution in [0.4, 0.5) is 5.82 Å². The van der Waals surface area contributed by atoms with Crippen molar-refractivity contribution in [1.29, 1.82) is 0 Å². The van der Waals surface area contributed by atoms with Gasteiger partial charge in [0.05, 0.1) is 15.8 Å². The highest BCUT2D eigenvalue weighted by Crippen LogP contribution is 2.58. The van der Waals surface area contributed by atoms with Crippen molar-refractivity contribution in [1.82, 2.24) is 9.97 Å². The molecule has 1 aliphatic heterocycles. The van der Waals surface area contributed by atoms with Gasteiger partial charge >= 0.3 is 0 Å². The lowest BCUT2D eigenvalue weighted by atomic mass is 10.0. The lowest BCUT2D eigenvalue weighted by Crippen LogP contribution is -2.46. The third kappa shape index (κ3) is 1.18. The van der Waals surface area contributed by atoms with Crippen LogP contribution in [0, 0.1) is 0 Å². The van der Waals surface area contributed by atoms with Gasteiger partial charge in [0.2, 0.25) is 5.79 Å². The second kappa shape index (κ2) is 3.45. The average Bonchev–Trinajstić information content (AvgIpc) is 2.80. The normalized spacial score (nSPS) is 42.9. The smallest absolute Gasteiger partial charge is 0.234 e. The van der Waals surface area contributed by atoms with E-state index in [9.17, 15) is 20.4 Å². The highest BCUT2D eigenvalue weighted by molar-refractivity contribution is 7.11. The van der Waals surface area contributed by atoms with Gasteiger partial charge in [0.1, 0.15) is 30.5 Å². The van der Waals surface area contributed by atoms with Crippen LogP contribution in [0.3, 0.4) is 0 Å². The van der Waals surface area contributed by atoms with Crippen LogP contribution in [-0.2, 0) is 10.5 Å². The number of hydrogen-bond acceptors (Lipinski definition) is 9. The summed E-state index contributed by atoms with van der Waals surface area (Å²) in [5.74, 6) is -1.87. The topological polar surface area (TPSA) is 142 Å². The summed E-state index contributed by atoms with van der Waals surface area (Å²) in [4.78, 5) is 8.09. The van der Waals surface area contributed by atoms with E-state index >= 15 is 0 Å². The molecule has 0 amide bonds. The number of ether oxygens (including phenoxy) is 1. The van der Waals surface area contributed by atoms with Gasteiger partial charge in [-0.2, -0.15) is 0 Å². The molecular weight excluding hydrogens is 286 g/mol. The highest BCUT2D eigenvalue weighted by atomic mass is 32.1. The summed E-state index contributed by atoms with van der Waals surface area (Å²) in [6, 6.07) is 0. The Hall–Kier alpha value is -1.36. The molecule has 5 atom stereocenters. The standard InChI is InChI=1S/C11H11N3O5S/c12-8-3-1-20-7(4(3)13-2-14-8)11(18)9(16)10(17)5(15)6(10)19-11/h1-2,5-6,9,15-18H,(H2,12,13,14)/t5?,6-,9-,10-,11?/m1/s1. The van der Waals surface area contributed by atoms with Crippen LogP contribution in [0.2, 0.25) is 0 Å². The Morgan fingerprint density at radius 3 is 2.70 bits per heavy atom. The van der Waals surface area contributed by atoms with Crippen molar-refractivity contribution < 1.29 is 25.2 Å². The van der Waals surface area contributed by atoms with Crippen LogP contribution in [0.1, 0.15) is 4.88 Å². The van der Waals surface area contributed by atoms with Crippen LogP contribution < -0.4 is 5.73 Å². The Balaban J connectivity index is 1.87. The highest BCUT2D eigenvalue weighted by Gasteiger charge is 2.81. The van der Waals surface area contributed by atoms with E-state index in [0.29, 0.717) is 10.9 Å². The molecule has 1 aliphatic carbocycles. The predicted molar refractivity (Wildman–Crippen MR) is 67.6 cm³/mol. The number of nitrogen functional groups attached to an aromatic ring is 1. The Morgan fingerprint density at radius 1 is 1.30 bits per heavy atom. The Labute approximate surface area is 116 Å². The van der Waals surface area contributed by atoms with Crippen molar-refractivity contribution in [3.05, 3.63) is 16.6 Å². The molecule has 4 rings (SSSR count). The van der Waals surface area contributed by atoms with E-state index in [1.807, 2.05) is 0 Å². The van der Waals surface area contributed by atoms with E-state index in [4.69, 9.17) is 10.5 Å². The molecule has 8 nitrogen and oxygen atoms in total. The molecule has 2 aromatic rings. The second-order valence-electron chi connectivity index (χ2n) is 5.06. The van der Waals surface area contributed by atoms with Gasteiger partial charge in [0, 0.05) is 5.38 Å². The van der Waals surface area contributed by atoms with Crippen LogP contribution in [0.5, 0.6) is 0 Å². The van der Waals surface area contributed by atoms with Crippen molar-refractivity contribution in [2.24, 2.45) is 0 Å². The van der Waals surface area contributed by atoms with Crippen molar-refractivity contribution in [3.63, 3.8) is 0 Å². The van der Waals surface area contributed by atoms with Crippen LogP contribution in [0.25, 0.3) is 10.9 Å². The summed E-state index contributed by atoms with van der Waals surface area (Å²) < 4.78 is 5.26. The van der Waals surface area contributed by atoms with Crippen molar-refractivity contribution >= 4 is 28.1 Å². The third-order valence-corrected chi connectivity index (χ3v) is 5.05. The quantitative estimate of drug-likeness (QED) is 0.418. The minimum atomic E-state index is -2.12. The number of aliphatic hydroxyl groups is 4. The number of nitrogens with zero attached hydrogens (tertiary/aromatic N) is 2. The summed E-state index contributed by atoms with van der Waals surface area (Å²) in [6.45, 7) is 0. The largest absolute Gasteiger partial charge is 0.387 e. The van der Waals surface area contributed by atoms with Gasteiger partial charge in [-0.1, -0.05) is 0 Å². The summed E-state index contributed by atoms with van der Waals surface area (Å²) in [5.41, 5.74) is 4.22. The number of fused-ring (bicyclic) bond motifs is 2. The molecule has 0 bridgehead atoms. The molecule has 1 saturated carbocycles. The Kier molecular flexibility index (Phi) is 2.14. The van der Waals surface area contributed by atoms with Gasteiger partial charge in [-0.15, -0.1) is 11.3 Å². The summed E-state index contributed by atoms with van der Waals surface area (Å²) >= 11 is 1.09. The van der Waals surface area contributed by atoms with Crippen molar-refractivity contribution in [3.8, 4) is 0 Å². The zero-order chi connectivity index (χ0) is 14.3. The number of thiophene rings is 1. The SMILES string of the molecule is Nc1ncnc2c(C3(O)O[C@@H]4C(O)[C@]4(O)[C@H]3O)scc12. The van der Waals surface area contributed by atoms with Gasteiger partial charge in [-0.25, -0.2) is 9.97 Å². The number of nitrogens with two attached hydrogens (primary N) is 1. The molecule has 0 spiro atoms. The van der Waals surface area contributed by atoms with E-state index in [1.54, 1.807) is 5.38 Å². The molecule has 3 heterocycles.